The molecule has 2 heteroatoms. The summed E-state index contributed by atoms with van der Waals surface area (Å²) in [5.41, 5.74) is 4.49. The highest BCUT2D eigenvalue weighted by atomic mass is 16.5. The van der Waals surface area contributed by atoms with Crippen LogP contribution in [0.4, 0.5) is 0 Å². The van der Waals surface area contributed by atoms with Gasteiger partial charge in [0, 0.05) is 0 Å². The zero-order valence-electron chi connectivity index (χ0n) is 11.3. The number of aliphatic hydroxyl groups is 1. The molecule has 0 spiro atoms. The minimum Gasteiger partial charge on any atom is -0.497 e. The van der Waals surface area contributed by atoms with Gasteiger partial charge >= 0.3 is 0 Å². The molecule has 0 unspecified atom stereocenters. The molecule has 19 heavy (non-hydrogen) atoms. The van der Waals surface area contributed by atoms with Crippen LogP contribution in [0.5, 0.6) is 5.75 Å². The molecule has 0 aliphatic carbocycles. The molecule has 2 aromatic carbocycles. The van der Waals surface area contributed by atoms with Gasteiger partial charge in [-0.15, -0.1) is 0 Å². The lowest BCUT2D eigenvalue weighted by molar-refractivity contribution is 0.343. The van der Waals surface area contributed by atoms with Gasteiger partial charge in [-0.25, -0.2) is 0 Å². The second kappa shape index (κ2) is 6.21. The van der Waals surface area contributed by atoms with Crippen molar-refractivity contribution >= 4 is 5.57 Å². The fourth-order valence-electron chi connectivity index (χ4n) is 1.98. The third-order valence-corrected chi connectivity index (χ3v) is 3.14. The number of allylic oxidation sites excluding steroid dienone is 1. The minimum atomic E-state index is 0.0729. The van der Waals surface area contributed by atoms with E-state index in [1.807, 2.05) is 25.1 Å². The Bertz CT molecular complexity index is 568. The number of rotatable bonds is 4. The Labute approximate surface area is 114 Å². The second-order valence-corrected chi connectivity index (χ2v) is 4.38. The summed E-state index contributed by atoms with van der Waals surface area (Å²) < 4.78 is 5.23. The first-order chi connectivity index (χ1) is 9.24. The number of ether oxygens (including phenoxy) is 1. The van der Waals surface area contributed by atoms with Gasteiger partial charge in [-0.3, -0.25) is 0 Å². The molecular formula is C17H18O2. The summed E-state index contributed by atoms with van der Waals surface area (Å²) in [5.74, 6) is 0.859. The van der Waals surface area contributed by atoms with E-state index in [1.54, 1.807) is 13.2 Å². The highest BCUT2D eigenvalue weighted by Gasteiger charge is 2.01. The van der Waals surface area contributed by atoms with Crippen LogP contribution in [-0.2, 0) is 0 Å². The zero-order chi connectivity index (χ0) is 13.7. The molecule has 0 amide bonds. The lowest BCUT2D eigenvalue weighted by Gasteiger charge is -2.06. The quantitative estimate of drug-likeness (QED) is 0.900. The average molecular weight is 254 g/mol. The molecule has 0 heterocycles. The predicted octanol–water partition coefficient (Wildman–Crippen LogP) is 3.76. The predicted molar refractivity (Wildman–Crippen MR) is 79.2 cm³/mol. The van der Waals surface area contributed by atoms with E-state index in [0.717, 1.165) is 28.0 Å². The summed E-state index contributed by atoms with van der Waals surface area (Å²) in [4.78, 5) is 0. The van der Waals surface area contributed by atoms with Crippen LogP contribution < -0.4 is 4.74 Å². The summed E-state index contributed by atoms with van der Waals surface area (Å²) in [6.07, 6.45) is 1.81. The van der Waals surface area contributed by atoms with Crippen LogP contribution in [0.15, 0.2) is 54.6 Å². The standard InChI is InChI=1S/C17H18O2/c1-13(10-11-18)14-6-8-15(9-7-14)16-4-3-5-17(12-16)19-2/h3-10,12,18H,11H2,1-2H3/b13-10+. The molecule has 0 fully saturated rings. The van der Waals surface area contributed by atoms with Crippen LogP contribution in [-0.4, -0.2) is 18.8 Å². The van der Waals surface area contributed by atoms with Crippen molar-refractivity contribution in [3.63, 3.8) is 0 Å². The molecule has 0 aliphatic rings. The van der Waals surface area contributed by atoms with Gasteiger partial charge in [-0.1, -0.05) is 42.5 Å². The van der Waals surface area contributed by atoms with Gasteiger partial charge in [0.25, 0.3) is 0 Å². The maximum Gasteiger partial charge on any atom is 0.119 e. The normalized spacial score (nSPS) is 11.4. The lowest BCUT2D eigenvalue weighted by Crippen LogP contribution is -1.85. The van der Waals surface area contributed by atoms with Gasteiger partial charge in [0.05, 0.1) is 13.7 Å². The van der Waals surface area contributed by atoms with Crippen molar-refractivity contribution in [1.82, 2.24) is 0 Å². The zero-order valence-corrected chi connectivity index (χ0v) is 11.3. The minimum absolute atomic E-state index is 0.0729. The maximum atomic E-state index is 8.90. The van der Waals surface area contributed by atoms with Gasteiger partial charge in [0.1, 0.15) is 5.75 Å². The third-order valence-electron chi connectivity index (χ3n) is 3.14. The largest absolute Gasteiger partial charge is 0.497 e. The Morgan fingerprint density at radius 3 is 2.47 bits per heavy atom. The highest BCUT2D eigenvalue weighted by Crippen LogP contribution is 2.25. The van der Waals surface area contributed by atoms with Crippen LogP contribution >= 0.6 is 0 Å². The van der Waals surface area contributed by atoms with Crippen molar-refractivity contribution in [1.29, 1.82) is 0 Å². The fraction of sp³-hybridized carbons (Fsp3) is 0.176. The molecule has 2 nitrogen and oxygen atoms in total. The van der Waals surface area contributed by atoms with Gasteiger partial charge in [0.2, 0.25) is 0 Å². The monoisotopic (exact) mass is 254 g/mol. The van der Waals surface area contributed by atoms with Gasteiger partial charge < -0.3 is 9.84 Å². The Kier molecular flexibility index (Phi) is 4.37. The summed E-state index contributed by atoms with van der Waals surface area (Å²) in [7, 11) is 1.67. The van der Waals surface area contributed by atoms with Gasteiger partial charge in [0.15, 0.2) is 0 Å². The average Bonchev–Trinajstić information content (AvgIpc) is 2.48. The first-order valence-corrected chi connectivity index (χ1v) is 6.27. The van der Waals surface area contributed by atoms with E-state index in [0.29, 0.717) is 0 Å². The van der Waals surface area contributed by atoms with E-state index in [4.69, 9.17) is 9.84 Å². The van der Waals surface area contributed by atoms with E-state index in [9.17, 15) is 0 Å². The van der Waals surface area contributed by atoms with E-state index < -0.39 is 0 Å². The third kappa shape index (κ3) is 3.24. The molecular weight excluding hydrogens is 236 g/mol. The van der Waals surface area contributed by atoms with Gasteiger partial charge in [-0.2, -0.15) is 0 Å². The van der Waals surface area contributed by atoms with Crippen LogP contribution in [0.25, 0.3) is 16.7 Å². The molecule has 0 aliphatic heterocycles. The Morgan fingerprint density at radius 1 is 1.11 bits per heavy atom. The Balaban J connectivity index is 2.29. The number of methoxy groups -OCH3 is 1. The van der Waals surface area contributed by atoms with Crippen molar-refractivity contribution < 1.29 is 9.84 Å². The summed E-state index contributed by atoms with van der Waals surface area (Å²) in [6.45, 7) is 2.07. The molecule has 98 valence electrons. The van der Waals surface area contributed by atoms with E-state index >= 15 is 0 Å². The van der Waals surface area contributed by atoms with Crippen molar-refractivity contribution in [3.8, 4) is 16.9 Å². The van der Waals surface area contributed by atoms with E-state index in [2.05, 4.69) is 30.3 Å². The summed E-state index contributed by atoms with van der Waals surface area (Å²) in [6, 6.07) is 16.3. The Morgan fingerprint density at radius 2 is 1.84 bits per heavy atom. The van der Waals surface area contributed by atoms with E-state index in [-0.39, 0.29) is 6.61 Å². The van der Waals surface area contributed by atoms with Crippen LogP contribution in [0.2, 0.25) is 0 Å². The number of benzene rings is 2. The maximum absolute atomic E-state index is 8.90. The molecule has 2 rings (SSSR count). The van der Waals surface area contributed by atoms with Gasteiger partial charge in [-0.05, 0) is 41.3 Å². The fourth-order valence-corrected chi connectivity index (χ4v) is 1.98. The van der Waals surface area contributed by atoms with Crippen molar-refractivity contribution in [2.75, 3.05) is 13.7 Å². The van der Waals surface area contributed by atoms with E-state index in [1.165, 1.54) is 0 Å². The number of hydrogen-bond acceptors (Lipinski definition) is 2. The van der Waals surface area contributed by atoms with Crippen molar-refractivity contribution in [2.45, 2.75) is 6.92 Å². The number of hydrogen-bond donors (Lipinski definition) is 1. The molecule has 1 N–H and O–H groups in total. The Hall–Kier alpha value is -2.06. The summed E-state index contributed by atoms with van der Waals surface area (Å²) >= 11 is 0. The number of aliphatic hydroxyl groups excluding tert-OH is 1. The van der Waals surface area contributed by atoms with Crippen LogP contribution in [0, 0.1) is 0 Å². The van der Waals surface area contributed by atoms with Crippen LogP contribution in [0.1, 0.15) is 12.5 Å². The lowest BCUT2D eigenvalue weighted by atomic mass is 10.0. The molecule has 0 radical (unpaired) electrons. The molecule has 0 atom stereocenters. The van der Waals surface area contributed by atoms with Crippen LogP contribution in [0.3, 0.4) is 0 Å². The first-order valence-electron chi connectivity index (χ1n) is 6.27. The molecule has 2 aromatic rings. The highest BCUT2D eigenvalue weighted by molar-refractivity contribution is 5.70. The first kappa shape index (κ1) is 13.4. The topological polar surface area (TPSA) is 29.5 Å². The summed E-state index contributed by atoms with van der Waals surface area (Å²) in [5, 5.41) is 8.90. The van der Waals surface area contributed by atoms with Crippen molar-refractivity contribution in [2.24, 2.45) is 0 Å². The second-order valence-electron chi connectivity index (χ2n) is 4.38. The smallest absolute Gasteiger partial charge is 0.119 e. The molecule has 0 bridgehead atoms. The molecule has 0 aromatic heterocycles. The molecule has 0 saturated heterocycles. The van der Waals surface area contributed by atoms with Crippen molar-refractivity contribution in [3.05, 3.63) is 60.2 Å². The molecule has 0 saturated carbocycles. The SMILES string of the molecule is COc1cccc(-c2ccc(/C(C)=C/CO)cc2)c1.